The minimum absolute atomic E-state index is 0.195. The quantitative estimate of drug-likeness (QED) is 0.748. The molecule has 6 heteroatoms. The van der Waals surface area contributed by atoms with Gasteiger partial charge in [0, 0.05) is 0 Å². The SMILES string of the molecule is CCC(Oc1ccc(C)cc1)C(=O)NNC(=O)COc1cccc(C)c1. The van der Waals surface area contributed by atoms with E-state index in [1.807, 2.05) is 51.1 Å². The summed E-state index contributed by atoms with van der Waals surface area (Å²) in [5.41, 5.74) is 6.85. The van der Waals surface area contributed by atoms with E-state index in [9.17, 15) is 9.59 Å². The van der Waals surface area contributed by atoms with Crippen molar-refractivity contribution in [2.24, 2.45) is 0 Å². The molecule has 1 unspecified atom stereocenters. The van der Waals surface area contributed by atoms with Crippen LogP contribution in [0.2, 0.25) is 0 Å². The zero-order valence-corrected chi connectivity index (χ0v) is 15.2. The van der Waals surface area contributed by atoms with E-state index in [1.165, 1.54) is 0 Å². The van der Waals surface area contributed by atoms with Gasteiger partial charge in [0.05, 0.1) is 0 Å². The predicted molar refractivity (Wildman–Crippen MR) is 98.8 cm³/mol. The fourth-order valence-electron chi connectivity index (χ4n) is 2.21. The largest absolute Gasteiger partial charge is 0.484 e. The van der Waals surface area contributed by atoms with Gasteiger partial charge in [-0.1, -0.05) is 36.8 Å². The Balaban J connectivity index is 1.78. The third-order valence-corrected chi connectivity index (χ3v) is 3.65. The fraction of sp³-hybridized carbons (Fsp3) is 0.300. The molecule has 0 bridgehead atoms. The third-order valence-electron chi connectivity index (χ3n) is 3.65. The molecule has 2 amide bonds. The number of hydrogen-bond acceptors (Lipinski definition) is 4. The second-order valence-corrected chi connectivity index (χ2v) is 5.97. The van der Waals surface area contributed by atoms with E-state index in [1.54, 1.807) is 18.2 Å². The Hall–Kier alpha value is -3.02. The maximum absolute atomic E-state index is 12.2. The summed E-state index contributed by atoms with van der Waals surface area (Å²) in [6.07, 6.45) is -0.231. The lowest BCUT2D eigenvalue weighted by molar-refractivity contribution is -0.134. The van der Waals surface area contributed by atoms with Crippen LogP contribution in [-0.2, 0) is 9.59 Å². The van der Waals surface area contributed by atoms with E-state index in [-0.39, 0.29) is 6.61 Å². The lowest BCUT2D eigenvalue weighted by Gasteiger charge is -2.17. The number of benzene rings is 2. The van der Waals surface area contributed by atoms with Gasteiger partial charge in [0.25, 0.3) is 11.8 Å². The molecule has 0 aromatic heterocycles. The van der Waals surface area contributed by atoms with Crippen LogP contribution in [0.15, 0.2) is 48.5 Å². The van der Waals surface area contributed by atoms with Gasteiger partial charge in [0.15, 0.2) is 12.7 Å². The molecule has 0 saturated heterocycles. The van der Waals surface area contributed by atoms with Crippen molar-refractivity contribution in [1.29, 1.82) is 0 Å². The zero-order chi connectivity index (χ0) is 18.9. The Morgan fingerprint density at radius 3 is 2.35 bits per heavy atom. The number of aryl methyl sites for hydroxylation is 2. The highest BCUT2D eigenvalue weighted by Gasteiger charge is 2.19. The molecule has 26 heavy (non-hydrogen) atoms. The molecular weight excluding hydrogens is 332 g/mol. The Bertz CT molecular complexity index is 744. The summed E-state index contributed by atoms with van der Waals surface area (Å²) in [6.45, 7) is 5.55. The Labute approximate surface area is 153 Å². The van der Waals surface area contributed by atoms with Crippen molar-refractivity contribution in [3.63, 3.8) is 0 Å². The highest BCUT2D eigenvalue weighted by atomic mass is 16.5. The Morgan fingerprint density at radius 2 is 1.69 bits per heavy atom. The van der Waals surface area contributed by atoms with Crippen LogP contribution in [0.25, 0.3) is 0 Å². The summed E-state index contributed by atoms with van der Waals surface area (Å²) in [6, 6.07) is 14.8. The molecule has 138 valence electrons. The molecule has 6 nitrogen and oxygen atoms in total. The van der Waals surface area contributed by atoms with Crippen LogP contribution < -0.4 is 20.3 Å². The lowest BCUT2D eigenvalue weighted by atomic mass is 10.2. The average molecular weight is 356 g/mol. The smallest absolute Gasteiger partial charge is 0.279 e. The van der Waals surface area contributed by atoms with Crippen LogP contribution in [0.4, 0.5) is 0 Å². The van der Waals surface area contributed by atoms with E-state index >= 15 is 0 Å². The van der Waals surface area contributed by atoms with Crippen LogP contribution in [0.3, 0.4) is 0 Å². The monoisotopic (exact) mass is 356 g/mol. The normalized spacial score (nSPS) is 11.3. The molecule has 2 aromatic rings. The molecule has 2 N–H and O–H groups in total. The zero-order valence-electron chi connectivity index (χ0n) is 15.2. The maximum Gasteiger partial charge on any atom is 0.279 e. The van der Waals surface area contributed by atoms with Crippen molar-refractivity contribution in [3.05, 3.63) is 59.7 Å². The second-order valence-electron chi connectivity index (χ2n) is 5.97. The predicted octanol–water partition coefficient (Wildman–Crippen LogP) is 2.69. The van der Waals surface area contributed by atoms with Gasteiger partial charge >= 0.3 is 0 Å². The molecule has 0 fully saturated rings. The van der Waals surface area contributed by atoms with Gasteiger partial charge < -0.3 is 9.47 Å². The number of amides is 2. The average Bonchev–Trinajstić information content (AvgIpc) is 2.64. The molecule has 2 rings (SSSR count). The van der Waals surface area contributed by atoms with Crippen molar-refractivity contribution in [2.75, 3.05) is 6.61 Å². The van der Waals surface area contributed by atoms with Crippen LogP contribution >= 0.6 is 0 Å². The molecule has 1 atom stereocenters. The molecule has 0 aliphatic rings. The Kier molecular flexibility index (Phi) is 7.02. The minimum Gasteiger partial charge on any atom is -0.484 e. The lowest BCUT2D eigenvalue weighted by Crippen LogP contribution is -2.49. The summed E-state index contributed by atoms with van der Waals surface area (Å²) < 4.78 is 11.0. The first-order valence-electron chi connectivity index (χ1n) is 8.49. The molecule has 0 spiro atoms. The van der Waals surface area contributed by atoms with Gasteiger partial charge in [-0.05, 0) is 50.1 Å². The standard InChI is InChI=1S/C20H24N2O4/c1-4-18(26-16-10-8-14(2)9-11-16)20(24)22-21-19(23)13-25-17-7-5-6-15(3)12-17/h5-12,18H,4,13H2,1-3H3,(H,21,23)(H,22,24). The molecule has 0 aliphatic carbocycles. The second kappa shape index (κ2) is 9.46. The Morgan fingerprint density at radius 1 is 0.962 bits per heavy atom. The fourth-order valence-corrected chi connectivity index (χ4v) is 2.21. The molecule has 0 heterocycles. The number of hydrazine groups is 1. The van der Waals surface area contributed by atoms with E-state index < -0.39 is 17.9 Å². The van der Waals surface area contributed by atoms with Gasteiger partial charge in [-0.15, -0.1) is 0 Å². The van der Waals surface area contributed by atoms with Crippen LogP contribution in [0, 0.1) is 13.8 Å². The molecule has 0 saturated carbocycles. The molecular formula is C20H24N2O4. The van der Waals surface area contributed by atoms with Gasteiger partial charge in [-0.3, -0.25) is 20.4 Å². The maximum atomic E-state index is 12.2. The van der Waals surface area contributed by atoms with Crippen molar-refractivity contribution >= 4 is 11.8 Å². The van der Waals surface area contributed by atoms with E-state index in [4.69, 9.17) is 9.47 Å². The summed E-state index contributed by atoms with van der Waals surface area (Å²) in [4.78, 5) is 24.0. The van der Waals surface area contributed by atoms with Crippen LogP contribution in [0.5, 0.6) is 11.5 Å². The van der Waals surface area contributed by atoms with E-state index in [0.717, 1.165) is 11.1 Å². The number of hydrogen-bond donors (Lipinski definition) is 2. The summed E-state index contributed by atoms with van der Waals surface area (Å²) in [5.74, 6) is 0.328. The first-order valence-corrected chi connectivity index (χ1v) is 8.49. The van der Waals surface area contributed by atoms with E-state index in [0.29, 0.717) is 17.9 Å². The highest BCUT2D eigenvalue weighted by molar-refractivity contribution is 5.85. The number of rotatable bonds is 7. The topological polar surface area (TPSA) is 76.7 Å². The summed E-state index contributed by atoms with van der Waals surface area (Å²) >= 11 is 0. The first-order chi connectivity index (χ1) is 12.5. The number of carbonyl (C=O) groups is 2. The highest BCUT2D eigenvalue weighted by Crippen LogP contribution is 2.14. The van der Waals surface area contributed by atoms with Crippen molar-refractivity contribution in [3.8, 4) is 11.5 Å². The van der Waals surface area contributed by atoms with Crippen LogP contribution in [-0.4, -0.2) is 24.5 Å². The van der Waals surface area contributed by atoms with Gasteiger partial charge in [-0.25, -0.2) is 0 Å². The van der Waals surface area contributed by atoms with Gasteiger partial charge in [0.2, 0.25) is 0 Å². The van der Waals surface area contributed by atoms with Crippen molar-refractivity contribution in [1.82, 2.24) is 10.9 Å². The molecule has 2 aromatic carbocycles. The van der Waals surface area contributed by atoms with Gasteiger partial charge in [0.1, 0.15) is 11.5 Å². The van der Waals surface area contributed by atoms with Crippen LogP contribution in [0.1, 0.15) is 24.5 Å². The first kappa shape index (κ1) is 19.3. The minimum atomic E-state index is -0.698. The summed E-state index contributed by atoms with van der Waals surface area (Å²) in [5, 5.41) is 0. The molecule has 0 aliphatic heterocycles. The number of carbonyl (C=O) groups excluding carboxylic acids is 2. The molecule has 0 radical (unpaired) electrons. The van der Waals surface area contributed by atoms with Crippen molar-refractivity contribution < 1.29 is 19.1 Å². The van der Waals surface area contributed by atoms with Gasteiger partial charge in [-0.2, -0.15) is 0 Å². The number of ether oxygens (including phenoxy) is 2. The number of nitrogens with one attached hydrogen (secondary N) is 2. The van der Waals surface area contributed by atoms with E-state index in [2.05, 4.69) is 10.9 Å². The third kappa shape index (κ3) is 6.12. The summed E-state index contributed by atoms with van der Waals surface area (Å²) in [7, 11) is 0. The van der Waals surface area contributed by atoms with Crippen molar-refractivity contribution in [2.45, 2.75) is 33.3 Å².